The summed E-state index contributed by atoms with van der Waals surface area (Å²) in [5.41, 5.74) is 0.598. The van der Waals surface area contributed by atoms with Crippen molar-refractivity contribution in [1.29, 1.82) is 0 Å². The van der Waals surface area contributed by atoms with E-state index in [0.717, 1.165) is 36.9 Å². The lowest BCUT2D eigenvalue weighted by Crippen LogP contribution is -2.28. The average Bonchev–Trinajstić information content (AvgIpc) is 2.52. The van der Waals surface area contributed by atoms with Crippen LogP contribution in [0.5, 0.6) is 0 Å². The Morgan fingerprint density at radius 3 is 2.80 bits per heavy atom. The highest BCUT2D eigenvalue weighted by molar-refractivity contribution is 5.49. The number of rotatable bonds is 3. The normalized spacial score (nSPS) is 38.7. The van der Waals surface area contributed by atoms with Gasteiger partial charge in [0.25, 0.3) is 0 Å². The van der Waals surface area contributed by atoms with Crippen molar-refractivity contribution in [3.8, 4) is 0 Å². The van der Waals surface area contributed by atoms with Crippen molar-refractivity contribution in [3.63, 3.8) is 0 Å². The van der Waals surface area contributed by atoms with E-state index in [0.29, 0.717) is 5.41 Å². The highest BCUT2D eigenvalue weighted by Gasteiger charge is 2.44. The molecule has 2 aliphatic rings. The van der Waals surface area contributed by atoms with Crippen molar-refractivity contribution >= 4 is 6.29 Å². The zero-order valence-corrected chi connectivity index (χ0v) is 10.2. The first-order valence-electron chi connectivity index (χ1n) is 6.57. The predicted octanol–water partition coefficient (Wildman–Crippen LogP) is 3.82. The van der Waals surface area contributed by atoms with Crippen LogP contribution in [-0.2, 0) is 4.79 Å². The highest BCUT2D eigenvalue weighted by atomic mass is 16.1. The molecule has 0 aromatic heterocycles. The molecule has 0 N–H and O–H groups in total. The molecule has 0 aromatic rings. The van der Waals surface area contributed by atoms with E-state index >= 15 is 0 Å². The summed E-state index contributed by atoms with van der Waals surface area (Å²) >= 11 is 0. The summed E-state index contributed by atoms with van der Waals surface area (Å²) in [6, 6.07) is 0. The Kier molecular flexibility index (Phi) is 3.18. The van der Waals surface area contributed by atoms with Crippen LogP contribution < -0.4 is 0 Å². The summed E-state index contributed by atoms with van der Waals surface area (Å²) in [4.78, 5) is 10.4. The number of carbonyl (C=O) groups excluding carboxylic acids is 1. The lowest BCUT2D eigenvalue weighted by atomic mass is 9.68. The summed E-state index contributed by atoms with van der Waals surface area (Å²) in [6.07, 6.45) is 10.1. The summed E-state index contributed by atoms with van der Waals surface area (Å²) < 4.78 is 0. The van der Waals surface area contributed by atoms with Gasteiger partial charge in [-0.05, 0) is 55.3 Å². The van der Waals surface area contributed by atoms with E-state index in [9.17, 15) is 4.79 Å². The van der Waals surface area contributed by atoms with E-state index in [4.69, 9.17) is 0 Å². The Morgan fingerprint density at radius 2 is 2.07 bits per heavy atom. The van der Waals surface area contributed by atoms with Crippen LogP contribution in [0.1, 0.15) is 58.8 Å². The van der Waals surface area contributed by atoms with Crippen LogP contribution in [0.3, 0.4) is 0 Å². The Bertz CT molecular complexity index is 231. The summed E-state index contributed by atoms with van der Waals surface area (Å²) in [7, 11) is 0. The van der Waals surface area contributed by atoms with Gasteiger partial charge < -0.3 is 4.79 Å². The van der Waals surface area contributed by atoms with E-state index in [1.54, 1.807) is 0 Å². The summed E-state index contributed by atoms with van der Waals surface area (Å²) in [5, 5.41) is 0. The molecular weight excluding hydrogens is 184 g/mol. The molecule has 3 unspecified atom stereocenters. The average molecular weight is 208 g/mol. The van der Waals surface area contributed by atoms with Crippen LogP contribution in [0.15, 0.2) is 0 Å². The molecule has 0 aromatic carbocycles. The quantitative estimate of drug-likeness (QED) is 0.644. The molecule has 0 radical (unpaired) electrons. The fourth-order valence-corrected chi connectivity index (χ4v) is 4.02. The highest BCUT2D eigenvalue weighted by Crippen LogP contribution is 2.54. The van der Waals surface area contributed by atoms with Gasteiger partial charge in [-0.15, -0.1) is 0 Å². The molecule has 2 rings (SSSR count). The minimum absolute atomic E-state index is 0.598. The molecule has 0 saturated heterocycles. The third kappa shape index (κ3) is 2.26. The number of hydrogen-bond acceptors (Lipinski definition) is 1. The largest absolute Gasteiger partial charge is 0.303 e. The molecule has 1 nitrogen and oxygen atoms in total. The second-order valence-corrected chi connectivity index (χ2v) is 6.32. The van der Waals surface area contributed by atoms with Gasteiger partial charge >= 0.3 is 0 Å². The fourth-order valence-electron chi connectivity index (χ4n) is 4.02. The molecule has 0 aliphatic heterocycles. The molecule has 86 valence electrons. The van der Waals surface area contributed by atoms with Gasteiger partial charge in [0.1, 0.15) is 6.29 Å². The summed E-state index contributed by atoms with van der Waals surface area (Å²) in [5.74, 6) is 2.81. The molecule has 3 atom stereocenters. The lowest BCUT2D eigenvalue weighted by molar-refractivity contribution is -0.108. The van der Waals surface area contributed by atoms with Crippen molar-refractivity contribution in [2.24, 2.45) is 23.2 Å². The van der Waals surface area contributed by atoms with Gasteiger partial charge in [-0.1, -0.05) is 20.3 Å². The van der Waals surface area contributed by atoms with Crippen molar-refractivity contribution in [3.05, 3.63) is 0 Å². The Balaban J connectivity index is 1.89. The third-order valence-corrected chi connectivity index (χ3v) is 4.95. The number of aldehydes is 1. The van der Waals surface area contributed by atoms with E-state index in [1.807, 2.05) is 0 Å². The number of carbonyl (C=O) groups is 1. The van der Waals surface area contributed by atoms with Gasteiger partial charge in [0, 0.05) is 6.42 Å². The summed E-state index contributed by atoms with van der Waals surface area (Å²) in [6.45, 7) is 4.90. The van der Waals surface area contributed by atoms with Crippen LogP contribution >= 0.6 is 0 Å². The molecule has 0 bridgehead atoms. The zero-order valence-electron chi connectivity index (χ0n) is 10.2. The number of hydrogen-bond donors (Lipinski definition) is 0. The third-order valence-electron chi connectivity index (χ3n) is 4.95. The molecule has 1 heteroatoms. The molecule has 2 fully saturated rings. The molecular formula is C14H24O. The first-order valence-corrected chi connectivity index (χ1v) is 6.57. The SMILES string of the molecule is CC1(C)CCC2CC(CCC=O)CCC21. The molecule has 2 saturated carbocycles. The zero-order chi connectivity index (χ0) is 10.9. The first-order chi connectivity index (χ1) is 7.13. The van der Waals surface area contributed by atoms with Gasteiger partial charge in [0.05, 0.1) is 0 Å². The van der Waals surface area contributed by atoms with Crippen LogP contribution in [0, 0.1) is 23.2 Å². The molecule has 0 heterocycles. The van der Waals surface area contributed by atoms with E-state index < -0.39 is 0 Å². The number of fused-ring (bicyclic) bond motifs is 1. The van der Waals surface area contributed by atoms with Crippen LogP contribution in [0.4, 0.5) is 0 Å². The minimum Gasteiger partial charge on any atom is -0.303 e. The maximum Gasteiger partial charge on any atom is 0.120 e. The van der Waals surface area contributed by atoms with Gasteiger partial charge in [0.15, 0.2) is 0 Å². The van der Waals surface area contributed by atoms with E-state index in [1.165, 1.54) is 32.1 Å². The first kappa shape index (κ1) is 11.2. The molecule has 0 spiro atoms. The minimum atomic E-state index is 0.598. The second-order valence-electron chi connectivity index (χ2n) is 6.32. The molecule has 15 heavy (non-hydrogen) atoms. The van der Waals surface area contributed by atoms with Gasteiger partial charge in [-0.25, -0.2) is 0 Å². The predicted molar refractivity (Wildman–Crippen MR) is 62.6 cm³/mol. The lowest BCUT2D eigenvalue weighted by Gasteiger charge is -2.37. The maximum atomic E-state index is 10.4. The van der Waals surface area contributed by atoms with Crippen LogP contribution in [-0.4, -0.2) is 6.29 Å². The van der Waals surface area contributed by atoms with Gasteiger partial charge in [-0.2, -0.15) is 0 Å². The van der Waals surface area contributed by atoms with E-state index in [-0.39, 0.29) is 0 Å². The van der Waals surface area contributed by atoms with E-state index in [2.05, 4.69) is 13.8 Å². The standard InChI is InChI=1S/C14H24O/c1-14(2)8-7-12-10-11(4-3-9-15)5-6-13(12)14/h9,11-13H,3-8,10H2,1-2H3. The Morgan fingerprint density at radius 1 is 1.27 bits per heavy atom. The van der Waals surface area contributed by atoms with Crippen molar-refractivity contribution in [2.45, 2.75) is 58.8 Å². The monoisotopic (exact) mass is 208 g/mol. The molecule has 0 amide bonds. The molecule has 2 aliphatic carbocycles. The fraction of sp³-hybridized carbons (Fsp3) is 0.929. The second kappa shape index (κ2) is 4.27. The van der Waals surface area contributed by atoms with Crippen LogP contribution in [0.2, 0.25) is 0 Å². The van der Waals surface area contributed by atoms with Crippen molar-refractivity contribution < 1.29 is 4.79 Å². The smallest absolute Gasteiger partial charge is 0.120 e. The van der Waals surface area contributed by atoms with Crippen molar-refractivity contribution in [2.75, 3.05) is 0 Å². The topological polar surface area (TPSA) is 17.1 Å². The maximum absolute atomic E-state index is 10.4. The Labute approximate surface area is 93.6 Å². The van der Waals surface area contributed by atoms with Crippen molar-refractivity contribution in [1.82, 2.24) is 0 Å². The van der Waals surface area contributed by atoms with Gasteiger partial charge in [-0.3, -0.25) is 0 Å². The van der Waals surface area contributed by atoms with Crippen LogP contribution in [0.25, 0.3) is 0 Å². The van der Waals surface area contributed by atoms with Gasteiger partial charge in [0.2, 0.25) is 0 Å². The Hall–Kier alpha value is -0.330.